The average Bonchev–Trinajstić information content (AvgIpc) is 2.54. The number of aromatic nitrogens is 1. The lowest BCUT2D eigenvalue weighted by Gasteiger charge is -2.10. The summed E-state index contributed by atoms with van der Waals surface area (Å²) in [6, 6.07) is 9.65. The highest BCUT2D eigenvalue weighted by atomic mass is 32.2. The van der Waals surface area contributed by atoms with E-state index in [2.05, 4.69) is 4.98 Å². The Morgan fingerprint density at radius 1 is 1.29 bits per heavy atom. The fourth-order valence-corrected chi connectivity index (χ4v) is 3.08. The Kier molecular flexibility index (Phi) is 5.00. The van der Waals surface area contributed by atoms with Crippen LogP contribution in [0.1, 0.15) is 46.9 Å². The number of benzene rings is 1. The molecule has 0 aliphatic rings. The maximum Gasteiger partial charge on any atom is 0.266 e. The molecule has 6 nitrogen and oxygen atoms in total. The number of amides is 1. The molecular weight excluding hydrogens is 326 g/mol. The molecule has 0 fully saturated rings. The number of nitriles is 1. The van der Waals surface area contributed by atoms with Crippen molar-refractivity contribution in [3.8, 4) is 6.07 Å². The van der Waals surface area contributed by atoms with Crippen molar-refractivity contribution in [1.82, 2.24) is 9.71 Å². The zero-order valence-corrected chi connectivity index (χ0v) is 14.4. The topological polar surface area (TPSA) is 99.9 Å². The van der Waals surface area contributed by atoms with Gasteiger partial charge < -0.3 is 0 Å². The van der Waals surface area contributed by atoms with Crippen molar-refractivity contribution in [3.05, 3.63) is 58.9 Å². The smallest absolute Gasteiger partial charge is 0.266 e. The molecule has 0 aliphatic carbocycles. The van der Waals surface area contributed by atoms with Gasteiger partial charge in [0, 0.05) is 6.20 Å². The Hall–Kier alpha value is -2.72. The average molecular weight is 343 g/mol. The van der Waals surface area contributed by atoms with Crippen molar-refractivity contribution < 1.29 is 13.2 Å². The van der Waals surface area contributed by atoms with E-state index in [1.807, 2.05) is 30.7 Å². The van der Waals surface area contributed by atoms with Crippen molar-refractivity contribution in [1.29, 1.82) is 5.26 Å². The van der Waals surface area contributed by atoms with Crippen LogP contribution >= 0.6 is 0 Å². The van der Waals surface area contributed by atoms with Crippen molar-refractivity contribution in [2.75, 3.05) is 0 Å². The number of hydrogen-bond donors (Lipinski definition) is 1. The lowest BCUT2D eigenvalue weighted by molar-refractivity contribution is 0.0981. The summed E-state index contributed by atoms with van der Waals surface area (Å²) in [6.07, 6.45) is 1.24. The van der Waals surface area contributed by atoms with Crippen LogP contribution in [0.15, 0.2) is 41.4 Å². The Balaban J connectivity index is 2.31. The molecule has 0 unspecified atom stereocenters. The molecule has 2 rings (SSSR count). The number of nitrogens with zero attached hydrogens (tertiary/aromatic N) is 2. The lowest BCUT2D eigenvalue weighted by atomic mass is 10.0. The van der Waals surface area contributed by atoms with Crippen molar-refractivity contribution >= 4 is 15.9 Å². The second kappa shape index (κ2) is 6.81. The third-order valence-corrected chi connectivity index (χ3v) is 4.86. The molecule has 0 saturated carbocycles. The van der Waals surface area contributed by atoms with Crippen LogP contribution in [-0.4, -0.2) is 19.3 Å². The van der Waals surface area contributed by atoms with Gasteiger partial charge in [-0.05, 0) is 36.6 Å². The molecule has 0 saturated heterocycles. The highest BCUT2D eigenvalue weighted by Gasteiger charge is 2.20. The molecule has 24 heavy (non-hydrogen) atoms. The summed E-state index contributed by atoms with van der Waals surface area (Å²) in [7, 11) is -4.00. The predicted molar refractivity (Wildman–Crippen MR) is 88.9 cm³/mol. The van der Waals surface area contributed by atoms with E-state index in [0.29, 0.717) is 5.69 Å². The van der Waals surface area contributed by atoms with Crippen LogP contribution in [0.4, 0.5) is 0 Å². The summed E-state index contributed by atoms with van der Waals surface area (Å²) in [5.41, 5.74) is 1.57. The van der Waals surface area contributed by atoms with E-state index in [4.69, 9.17) is 5.26 Å². The lowest BCUT2D eigenvalue weighted by Crippen LogP contribution is -2.30. The standard InChI is InChI=1S/C17H17N3O3S/c1-11(2)13-5-4-6-16(8-13)24(22,23)20-17(21)15-7-14(9-18)12(3)19-10-15/h4-8,10-11H,1-3H3,(H,20,21). The van der Waals surface area contributed by atoms with E-state index < -0.39 is 15.9 Å². The van der Waals surface area contributed by atoms with Gasteiger partial charge in [0.15, 0.2) is 0 Å². The van der Waals surface area contributed by atoms with Gasteiger partial charge in [0.2, 0.25) is 0 Å². The Bertz CT molecular complexity index is 928. The molecule has 0 bridgehead atoms. The first-order chi connectivity index (χ1) is 11.2. The molecule has 0 radical (unpaired) electrons. The highest BCUT2D eigenvalue weighted by Crippen LogP contribution is 2.19. The fraction of sp³-hybridized carbons (Fsp3) is 0.235. The first-order valence-electron chi connectivity index (χ1n) is 7.28. The van der Waals surface area contributed by atoms with Crippen LogP contribution in [0, 0.1) is 18.3 Å². The van der Waals surface area contributed by atoms with E-state index in [9.17, 15) is 13.2 Å². The van der Waals surface area contributed by atoms with E-state index in [1.54, 1.807) is 13.0 Å². The van der Waals surface area contributed by atoms with Crippen molar-refractivity contribution in [2.24, 2.45) is 0 Å². The summed E-state index contributed by atoms with van der Waals surface area (Å²) in [6.45, 7) is 5.53. The fourth-order valence-electron chi connectivity index (χ4n) is 2.05. The van der Waals surface area contributed by atoms with E-state index in [1.165, 1.54) is 24.4 Å². The molecule has 2 aromatic rings. The highest BCUT2D eigenvalue weighted by molar-refractivity contribution is 7.90. The van der Waals surface area contributed by atoms with Crippen LogP contribution in [0.25, 0.3) is 0 Å². The van der Waals surface area contributed by atoms with Gasteiger partial charge >= 0.3 is 0 Å². The first-order valence-corrected chi connectivity index (χ1v) is 8.77. The largest absolute Gasteiger partial charge is 0.268 e. The van der Waals surface area contributed by atoms with Gasteiger partial charge in [-0.15, -0.1) is 0 Å². The van der Waals surface area contributed by atoms with Crippen LogP contribution in [-0.2, 0) is 10.0 Å². The third kappa shape index (κ3) is 3.78. The number of carbonyl (C=O) groups is 1. The molecule has 0 atom stereocenters. The number of nitrogens with one attached hydrogen (secondary N) is 1. The van der Waals surface area contributed by atoms with Crippen molar-refractivity contribution in [2.45, 2.75) is 31.6 Å². The maximum absolute atomic E-state index is 12.4. The van der Waals surface area contributed by atoms with E-state index in [-0.39, 0.29) is 21.9 Å². The molecule has 1 N–H and O–H groups in total. The SMILES string of the molecule is Cc1ncc(C(=O)NS(=O)(=O)c2cccc(C(C)C)c2)cc1C#N. The van der Waals surface area contributed by atoms with Gasteiger partial charge in [0.1, 0.15) is 6.07 Å². The molecule has 1 heterocycles. The number of sulfonamides is 1. The summed E-state index contributed by atoms with van der Waals surface area (Å²) >= 11 is 0. The van der Waals surface area contributed by atoms with Gasteiger partial charge in [-0.25, -0.2) is 13.1 Å². The molecule has 7 heteroatoms. The molecular formula is C17H17N3O3S. The number of aryl methyl sites for hydroxylation is 1. The third-order valence-electron chi connectivity index (χ3n) is 3.53. The monoisotopic (exact) mass is 343 g/mol. The number of rotatable bonds is 4. The maximum atomic E-state index is 12.4. The zero-order valence-electron chi connectivity index (χ0n) is 13.6. The Labute approximate surface area is 141 Å². The summed E-state index contributed by atoms with van der Waals surface area (Å²) in [5.74, 6) is -0.663. The Morgan fingerprint density at radius 2 is 2.00 bits per heavy atom. The van der Waals surface area contributed by atoms with Crippen LogP contribution < -0.4 is 4.72 Å². The minimum Gasteiger partial charge on any atom is -0.268 e. The summed E-state index contributed by atoms with van der Waals surface area (Å²) in [4.78, 5) is 16.1. The molecule has 0 spiro atoms. The molecule has 124 valence electrons. The van der Waals surface area contributed by atoms with Crippen LogP contribution in [0.5, 0.6) is 0 Å². The van der Waals surface area contributed by atoms with Crippen LogP contribution in [0.2, 0.25) is 0 Å². The summed E-state index contributed by atoms with van der Waals surface area (Å²) < 4.78 is 26.8. The Morgan fingerprint density at radius 3 is 2.62 bits per heavy atom. The van der Waals surface area contributed by atoms with Gasteiger partial charge in [-0.1, -0.05) is 26.0 Å². The van der Waals surface area contributed by atoms with Gasteiger partial charge in [0.05, 0.1) is 21.7 Å². The summed E-state index contributed by atoms with van der Waals surface area (Å²) in [5, 5.41) is 8.98. The second-order valence-electron chi connectivity index (χ2n) is 5.63. The van der Waals surface area contributed by atoms with E-state index in [0.717, 1.165) is 5.56 Å². The van der Waals surface area contributed by atoms with Gasteiger partial charge in [-0.3, -0.25) is 9.78 Å². The minimum atomic E-state index is -4.00. The molecule has 1 amide bonds. The molecule has 0 aliphatic heterocycles. The number of pyridine rings is 1. The quantitative estimate of drug-likeness (QED) is 0.919. The molecule has 1 aromatic heterocycles. The molecule has 1 aromatic carbocycles. The van der Waals surface area contributed by atoms with Crippen LogP contribution in [0.3, 0.4) is 0 Å². The zero-order chi connectivity index (χ0) is 17.9. The van der Waals surface area contributed by atoms with Crippen molar-refractivity contribution in [3.63, 3.8) is 0 Å². The predicted octanol–water partition coefficient (Wildman–Crippen LogP) is 2.50. The van der Waals surface area contributed by atoms with Gasteiger partial charge in [-0.2, -0.15) is 5.26 Å². The first kappa shape index (κ1) is 17.6. The second-order valence-corrected chi connectivity index (χ2v) is 7.31. The van der Waals surface area contributed by atoms with Gasteiger partial charge in [0.25, 0.3) is 15.9 Å². The number of carbonyl (C=O) groups excluding carboxylic acids is 1. The van der Waals surface area contributed by atoms with E-state index >= 15 is 0 Å². The normalized spacial score (nSPS) is 11.1. The number of hydrogen-bond acceptors (Lipinski definition) is 5. The minimum absolute atomic E-state index is 0.0146.